The zero-order valence-corrected chi connectivity index (χ0v) is 19.8. The summed E-state index contributed by atoms with van der Waals surface area (Å²) in [5, 5.41) is 5.91. The van der Waals surface area contributed by atoms with Crippen molar-refractivity contribution in [2.75, 3.05) is 20.5 Å². The molecule has 0 aliphatic carbocycles. The Balaban J connectivity index is 0.00000204. The monoisotopic (exact) mass is 529 g/mol. The number of methoxy groups -OCH3 is 1. The van der Waals surface area contributed by atoms with Crippen LogP contribution in [0.3, 0.4) is 0 Å². The van der Waals surface area contributed by atoms with Gasteiger partial charge in [-0.05, 0) is 42.3 Å². The molecule has 2 aliphatic rings. The van der Waals surface area contributed by atoms with Crippen LogP contribution in [0.4, 0.5) is 0 Å². The maximum atomic E-state index is 6.22. The number of hydrogen-bond donors (Lipinski definition) is 0. The summed E-state index contributed by atoms with van der Waals surface area (Å²) >= 11 is 0. The Labute approximate surface area is 197 Å². The summed E-state index contributed by atoms with van der Waals surface area (Å²) in [6.45, 7) is 4.08. The number of aromatic nitrogens is 1. The molecule has 4 aromatic rings. The molecule has 3 heterocycles. The normalized spacial score (nSPS) is 13.7. The average molecular weight is 529 g/mol. The molecule has 0 spiro atoms. The first-order valence-corrected chi connectivity index (χ1v) is 10.6. The molecular weight excluding hydrogens is 505 g/mol. The number of aryl methyl sites for hydroxylation is 2. The molecule has 3 aromatic carbocycles. The second-order valence-electron chi connectivity index (χ2n) is 7.99. The summed E-state index contributed by atoms with van der Waals surface area (Å²) in [5.41, 5.74) is 2.58. The van der Waals surface area contributed by atoms with Crippen molar-refractivity contribution < 1.29 is 47.5 Å². The summed E-state index contributed by atoms with van der Waals surface area (Å²) in [7, 11) is 1.70. The molecule has 0 saturated heterocycles. The summed E-state index contributed by atoms with van der Waals surface area (Å²) in [6, 6.07) is 10.7. The fraction of sp³-hybridized carbons (Fsp3) is 0.320. The Kier molecular flexibility index (Phi) is 5.20. The van der Waals surface area contributed by atoms with Gasteiger partial charge < -0.3 is 42.9 Å². The molecule has 0 unspecified atom stereocenters. The van der Waals surface area contributed by atoms with Crippen molar-refractivity contribution in [3.63, 3.8) is 0 Å². The smallest absolute Gasteiger partial charge is 0.231 e. The van der Waals surface area contributed by atoms with Gasteiger partial charge >= 0.3 is 0 Å². The number of nitrogens with zero attached hydrogens (tertiary/aromatic N) is 1. The number of unbranched alkanes of at least 4 members (excludes halogenated alkanes) is 1. The third-order valence-corrected chi connectivity index (χ3v) is 6.30. The Hall–Kier alpha value is -2.48. The van der Waals surface area contributed by atoms with Gasteiger partial charge in [-0.3, -0.25) is 0 Å². The number of benzene rings is 3. The van der Waals surface area contributed by atoms with Crippen molar-refractivity contribution in [2.45, 2.75) is 32.7 Å². The third-order valence-electron chi connectivity index (χ3n) is 6.30. The van der Waals surface area contributed by atoms with Gasteiger partial charge in [-0.25, -0.2) is 0 Å². The zero-order valence-electron chi connectivity index (χ0n) is 17.7. The lowest BCUT2D eigenvalue weighted by Crippen LogP contribution is -3.00. The van der Waals surface area contributed by atoms with Crippen LogP contribution in [0.15, 0.2) is 36.5 Å². The van der Waals surface area contributed by atoms with Gasteiger partial charge in [0.05, 0.1) is 29.9 Å². The Bertz CT molecular complexity index is 1330. The van der Waals surface area contributed by atoms with Crippen molar-refractivity contribution in [3.05, 3.63) is 42.1 Å². The lowest BCUT2D eigenvalue weighted by atomic mass is 9.93. The molecule has 0 N–H and O–H groups in total. The summed E-state index contributed by atoms with van der Waals surface area (Å²) in [6.07, 6.45) is 5.31. The van der Waals surface area contributed by atoms with Gasteiger partial charge in [0.1, 0.15) is 0 Å². The van der Waals surface area contributed by atoms with Crippen LogP contribution in [0, 0.1) is 0 Å². The predicted octanol–water partition coefficient (Wildman–Crippen LogP) is 1.91. The topological polar surface area (TPSA) is 40.8 Å². The van der Waals surface area contributed by atoms with Gasteiger partial charge in [0.25, 0.3) is 0 Å². The minimum absolute atomic E-state index is 0. The number of hydrogen-bond acceptors (Lipinski definition) is 4. The Morgan fingerprint density at radius 1 is 1.03 bits per heavy atom. The van der Waals surface area contributed by atoms with E-state index < -0.39 is 0 Å². The zero-order chi connectivity index (χ0) is 20.2. The lowest BCUT2D eigenvalue weighted by Gasteiger charge is -2.18. The fourth-order valence-electron chi connectivity index (χ4n) is 4.86. The molecule has 2 aliphatic heterocycles. The van der Waals surface area contributed by atoms with E-state index in [1.54, 1.807) is 7.11 Å². The molecule has 0 saturated carbocycles. The quantitative estimate of drug-likeness (QED) is 0.172. The minimum Gasteiger partial charge on any atom is -1.00 e. The van der Waals surface area contributed by atoms with Crippen molar-refractivity contribution in [2.24, 2.45) is 0 Å². The Morgan fingerprint density at radius 2 is 1.87 bits per heavy atom. The molecule has 0 radical (unpaired) electrons. The number of ether oxygens (including phenoxy) is 4. The van der Waals surface area contributed by atoms with Crippen LogP contribution in [-0.2, 0) is 13.0 Å². The van der Waals surface area contributed by atoms with Crippen molar-refractivity contribution >= 4 is 32.4 Å². The van der Waals surface area contributed by atoms with Crippen LogP contribution >= 0.6 is 0 Å². The van der Waals surface area contributed by atoms with Crippen molar-refractivity contribution in [1.82, 2.24) is 0 Å². The van der Waals surface area contributed by atoms with E-state index in [1.165, 1.54) is 27.2 Å². The number of halogens is 1. The number of fused-ring (bicyclic) bond motifs is 4. The van der Waals surface area contributed by atoms with E-state index in [2.05, 4.69) is 42.0 Å². The molecule has 0 atom stereocenters. The highest BCUT2D eigenvalue weighted by molar-refractivity contribution is 6.17. The SMILES string of the molecule is CCCCOc1c(OC)ccc2c1c[n+]1c3c2ccc2c4c(cc(c23)CC1)OCO4.[I-]. The van der Waals surface area contributed by atoms with Gasteiger partial charge in [0.15, 0.2) is 35.7 Å². The molecule has 0 amide bonds. The average Bonchev–Trinajstić information content (AvgIpc) is 3.25. The Morgan fingerprint density at radius 3 is 2.71 bits per heavy atom. The molecule has 31 heavy (non-hydrogen) atoms. The summed E-state index contributed by atoms with van der Waals surface area (Å²) in [5.74, 6) is 3.35. The first-order valence-electron chi connectivity index (χ1n) is 10.6. The second kappa shape index (κ2) is 7.89. The predicted molar refractivity (Wildman–Crippen MR) is 116 cm³/mol. The molecule has 0 fully saturated rings. The number of rotatable bonds is 5. The van der Waals surface area contributed by atoms with Crippen molar-refractivity contribution in [3.8, 4) is 23.0 Å². The highest BCUT2D eigenvalue weighted by Gasteiger charge is 2.29. The van der Waals surface area contributed by atoms with E-state index in [9.17, 15) is 0 Å². The van der Waals surface area contributed by atoms with E-state index in [-0.39, 0.29) is 24.0 Å². The third kappa shape index (κ3) is 2.98. The first kappa shape index (κ1) is 20.4. The molecule has 1 aromatic heterocycles. The molecular formula is C25H24INO4. The van der Waals surface area contributed by atoms with Gasteiger partial charge in [0, 0.05) is 17.2 Å². The summed E-state index contributed by atoms with van der Waals surface area (Å²) in [4.78, 5) is 0. The van der Waals surface area contributed by atoms with Gasteiger partial charge in [-0.2, -0.15) is 4.57 Å². The van der Waals surface area contributed by atoms with Crippen LogP contribution in [-0.4, -0.2) is 20.5 Å². The van der Waals surface area contributed by atoms with E-state index in [1.807, 2.05) is 6.07 Å². The van der Waals surface area contributed by atoms with Gasteiger partial charge in [0.2, 0.25) is 12.3 Å². The van der Waals surface area contributed by atoms with Gasteiger partial charge in [-0.15, -0.1) is 0 Å². The first-order chi connectivity index (χ1) is 14.8. The van der Waals surface area contributed by atoms with Crippen LogP contribution < -0.4 is 47.5 Å². The summed E-state index contributed by atoms with van der Waals surface area (Å²) < 4.78 is 25.7. The maximum Gasteiger partial charge on any atom is 0.231 e. The van der Waals surface area contributed by atoms with E-state index >= 15 is 0 Å². The van der Waals surface area contributed by atoms with Gasteiger partial charge in [-0.1, -0.05) is 13.3 Å². The van der Waals surface area contributed by atoms with E-state index in [0.717, 1.165) is 59.6 Å². The maximum absolute atomic E-state index is 6.22. The fourth-order valence-corrected chi connectivity index (χ4v) is 4.86. The van der Waals surface area contributed by atoms with Crippen molar-refractivity contribution in [1.29, 1.82) is 0 Å². The van der Waals surface area contributed by atoms with E-state index in [4.69, 9.17) is 18.9 Å². The van der Waals surface area contributed by atoms with Crippen LogP contribution in [0.2, 0.25) is 0 Å². The van der Waals surface area contributed by atoms with Crippen LogP contribution in [0.25, 0.3) is 32.4 Å². The molecule has 0 bridgehead atoms. The highest BCUT2D eigenvalue weighted by Crippen LogP contribution is 2.46. The molecule has 6 rings (SSSR count). The molecule has 6 heteroatoms. The van der Waals surface area contributed by atoms with E-state index in [0.29, 0.717) is 13.4 Å². The van der Waals surface area contributed by atoms with Crippen LogP contribution in [0.1, 0.15) is 25.3 Å². The second-order valence-corrected chi connectivity index (χ2v) is 7.99. The largest absolute Gasteiger partial charge is 1.00 e. The molecule has 5 nitrogen and oxygen atoms in total. The minimum atomic E-state index is 0. The highest BCUT2D eigenvalue weighted by atomic mass is 127. The molecule has 160 valence electrons. The lowest BCUT2D eigenvalue weighted by molar-refractivity contribution is -0.670. The van der Waals surface area contributed by atoms with Crippen LogP contribution in [0.5, 0.6) is 23.0 Å². The standard InChI is InChI=1S/C25H24NO4.HI/c1-3-4-11-28-25-19-13-26-10-9-15-12-21-24(30-14-29-21)18-6-5-17(23(26)22(15)18)16(19)7-8-20(25)27-2;/h5-8,12-13H,3-4,9-11,14H2,1-2H3;1H/q+1;/p-1. The number of pyridine rings is 1.